The average molecular weight is 280 g/mol. The molecule has 0 atom stereocenters. The summed E-state index contributed by atoms with van der Waals surface area (Å²) in [4.78, 5) is 20.2. The number of aromatic nitrogens is 2. The van der Waals surface area contributed by atoms with Gasteiger partial charge < -0.3 is 11.1 Å². The number of nitrogens with zero attached hydrogens (tertiary/aromatic N) is 2. The lowest BCUT2D eigenvalue weighted by atomic mass is 10.1. The number of nitrogens with two attached hydrogens (primary N) is 1. The van der Waals surface area contributed by atoms with Gasteiger partial charge in [0.1, 0.15) is 5.69 Å². The van der Waals surface area contributed by atoms with Crippen LogP contribution >= 0.6 is 0 Å². The summed E-state index contributed by atoms with van der Waals surface area (Å²) in [5, 5.41) is 2.84. The van der Waals surface area contributed by atoms with Crippen LogP contribution in [0.15, 0.2) is 42.9 Å². The van der Waals surface area contributed by atoms with Gasteiger partial charge in [-0.05, 0) is 36.2 Å². The Morgan fingerprint density at radius 3 is 2.81 bits per heavy atom. The van der Waals surface area contributed by atoms with Crippen LogP contribution in [0.1, 0.15) is 21.6 Å². The summed E-state index contributed by atoms with van der Waals surface area (Å²) < 4.78 is 0. The van der Waals surface area contributed by atoms with Gasteiger partial charge in [0, 0.05) is 25.1 Å². The van der Waals surface area contributed by atoms with Crippen LogP contribution < -0.4 is 11.1 Å². The molecule has 0 aliphatic carbocycles. The third-order valence-electron chi connectivity index (χ3n) is 2.80. The zero-order valence-corrected chi connectivity index (χ0v) is 11.5. The van der Waals surface area contributed by atoms with Crippen LogP contribution in [0.4, 0.5) is 0 Å². The number of hydrogen-bond donors (Lipinski definition) is 2. The Balaban J connectivity index is 1.97. The molecular weight excluding hydrogens is 264 g/mol. The Morgan fingerprint density at radius 1 is 1.24 bits per heavy atom. The van der Waals surface area contributed by atoms with Gasteiger partial charge in [0.05, 0.1) is 12.1 Å². The Kier molecular flexibility index (Phi) is 5.44. The summed E-state index contributed by atoms with van der Waals surface area (Å²) in [5.41, 5.74) is 7.38. The quantitative estimate of drug-likeness (QED) is 0.810. The molecule has 0 bridgehead atoms. The molecule has 2 rings (SSSR count). The first kappa shape index (κ1) is 14.7. The first-order valence-electron chi connectivity index (χ1n) is 6.62. The van der Waals surface area contributed by atoms with Gasteiger partial charge in [0.25, 0.3) is 5.91 Å². The predicted octanol–water partition coefficient (Wildman–Crippen LogP) is 0.759. The highest BCUT2D eigenvalue weighted by molar-refractivity contribution is 5.94. The second-order valence-electron chi connectivity index (χ2n) is 4.27. The van der Waals surface area contributed by atoms with Crippen LogP contribution in [0.25, 0.3) is 0 Å². The number of pyridine rings is 2. The van der Waals surface area contributed by atoms with Crippen molar-refractivity contribution < 1.29 is 4.79 Å². The molecule has 3 N–H and O–H groups in total. The Bertz CT molecular complexity index is 659. The highest BCUT2D eigenvalue weighted by Gasteiger charge is 2.10. The number of rotatable bonds is 4. The number of hydrogen-bond acceptors (Lipinski definition) is 4. The number of carbonyl (C=O) groups is 1. The van der Waals surface area contributed by atoms with E-state index in [4.69, 9.17) is 5.73 Å². The molecule has 0 aromatic carbocycles. The third-order valence-corrected chi connectivity index (χ3v) is 2.80. The largest absolute Gasteiger partial charge is 0.350 e. The second kappa shape index (κ2) is 7.78. The van der Waals surface area contributed by atoms with Crippen LogP contribution in [0.2, 0.25) is 0 Å². The van der Waals surface area contributed by atoms with E-state index in [2.05, 4.69) is 27.1 Å². The maximum Gasteiger partial charge on any atom is 0.271 e. The zero-order chi connectivity index (χ0) is 14.9. The van der Waals surface area contributed by atoms with Crippen LogP contribution in [0.3, 0.4) is 0 Å². The van der Waals surface area contributed by atoms with Crippen molar-refractivity contribution in [3.63, 3.8) is 0 Å². The monoisotopic (exact) mass is 280 g/mol. The highest BCUT2D eigenvalue weighted by Crippen LogP contribution is 2.03. The van der Waals surface area contributed by atoms with E-state index in [1.54, 1.807) is 30.7 Å². The van der Waals surface area contributed by atoms with Gasteiger partial charge in [-0.1, -0.05) is 11.8 Å². The SMILES string of the molecule is NCC#Cc1cccnc1C(=O)NCCc1ccncc1. The fourth-order valence-corrected chi connectivity index (χ4v) is 1.79. The summed E-state index contributed by atoms with van der Waals surface area (Å²) in [6.45, 7) is 0.779. The van der Waals surface area contributed by atoms with Crippen molar-refractivity contribution in [2.24, 2.45) is 5.73 Å². The maximum atomic E-state index is 12.1. The maximum absolute atomic E-state index is 12.1. The van der Waals surface area contributed by atoms with Gasteiger partial charge >= 0.3 is 0 Å². The molecule has 5 heteroatoms. The van der Waals surface area contributed by atoms with E-state index in [0.717, 1.165) is 12.0 Å². The molecular formula is C16H16N4O. The molecule has 106 valence electrons. The molecule has 0 fully saturated rings. The molecule has 0 radical (unpaired) electrons. The standard InChI is InChI=1S/C16H16N4O/c17-8-1-3-14-4-2-9-19-15(14)16(21)20-12-7-13-5-10-18-11-6-13/h2,4-6,9-11H,7-8,12,17H2,(H,20,21). The zero-order valence-electron chi connectivity index (χ0n) is 11.5. The van der Waals surface area contributed by atoms with Gasteiger partial charge in [-0.3, -0.25) is 9.78 Å². The van der Waals surface area contributed by atoms with Crippen molar-refractivity contribution in [1.82, 2.24) is 15.3 Å². The molecule has 0 saturated heterocycles. The Labute approximate surface area is 123 Å². The molecule has 0 saturated carbocycles. The fraction of sp³-hybridized carbons (Fsp3) is 0.188. The van der Waals surface area contributed by atoms with Gasteiger partial charge in [0.15, 0.2) is 0 Å². The van der Waals surface area contributed by atoms with Gasteiger partial charge in [-0.2, -0.15) is 0 Å². The van der Waals surface area contributed by atoms with Crippen LogP contribution in [0.5, 0.6) is 0 Å². The van der Waals surface area contributed by atoms with E-state index in [1.807, 2.05) is 12.1 Å². The van der Waals surface area contributed by atoms with E-state index in [-0.39, 0.29) is 12.5 Å². The van der Waals surface area contributed by atoms with Crippen LogP contribution in [-0.2, 0) is 6.42 Å². The summed E-state index contributed by atoms with van der Waals surface area (Å²) in [6, 6.07) is 7.35. The lowest BCUT2D eigenvalue weighted by molar-refractivity contribution is 0.0949. The summed E-state index contributed by atoms with van der Waals surface area (Å²) in [6.07, 6.45) is 5.78. The molecule has 0 unspecified atom stereocenters. The highest BCUT2D eigenvalue weighted by atomic mass is 16.1. The Hall–Kier alpha value is -2.71. The molecule has 5 nitrogen and oxygen atoms in total. The normalized spacial score (nSPS) is 9.57. The van der Waals surface area contributed by atoms with Crippen molar-refractivity contribution in [3.05, 3.63) is 59.7 Å². The molecule has 0 aliphatic heterocycles. The van der Waals surface area contributed by atoms with Gasteiger partial charge in [-0.15, -0.1) is 0 Å². The van der Waals surface area contributed by atoms with E-state index in [9.17, 15) is 4.79 Å². The molecule has 0 aliphatic rings. The third kappa shape index (κ3) is 4.41. The first-order chi connectivity index (χ1) is 10.3. The lowest BCUT2D eigenvalue weighted by Crippen LogP contribution is -2.27. The van der Waals surface area contributed by atoms with E-state index < -0.39 is 0 Å². The van der Waals surface area contributed by atoms with Crippen molar-refractivity contribution in [2.75, 3.05) is 13.1 Å². The molecule has 2 aromatic rings. The molecule has 2 heterocycles. The second-order valence-corrected chi connectivity index (χ2v) is 4.27. The van der Waals surface area contributed by atoms with Crippen LogP contribution in [-0.4, -0.2) is 29.0 Å². The minimum absolute atomic E-state index is 0.231. The minimum Gasteiger partial charge on any atom is -0.350 e. The molecule has 21 heavy (non-hydrogen) atoms. The number of carbonyl (C=O) groups excluding carboxylic acids is 1. The minimum atomic E-state index is -0.231. The fourth-order valence-electron chi connectivity index (χ4n) is 1.79. The predicted molar refractivity (Wildman–Crippen MR) is 80.4 cm³/mol. The van der Waals surface area contributed by atoms with Crippen molar-refractivity contribution in [2.45, 2.75) is 6.42 Å². The topological polar surface area (TPSA) is 80.9 Å². The van der Waals surface area contributed by atoms with Crippen molar-refractivity contribution >= 4 is 5.91 Å². The first-order valence-corrected chi connectivity index (χ1v) is 6.62. The molecule has 1 amide bonds. The average Bonchev–Trinajstić information content (AvgIpc) is 2.54. The van der Waals surface area contributed by atoms with Crippen LogP contribution in [0, 0.1) is 11.8 Å². The van der Waals surface area contributed by atoms with Gasteiger partial charge in [-0.25, -0.2) is 4.98 Å². The van der Waals surface area contributed by atoms with E-state index in [1.165, 1.54) is 0 Å². The summed E-state index contributed by atoms with van der Waals surface area (Å²) >= 11 is 0. The molecule has 0 spiro atoms. The smallest absolute Gasteiger partial charge is 0.271 e. The number of amides is 1. The number of nitrogens with one attached hydrogen (secondary N) is 1. The lowest BCUT2D eigenvalue weighted by Gasteiger charge is -2.06. The van der Waals surface area contributed by atoms with E-state index in [0.29, 0.717) is 17.8 Å². The van der Waals surface area contributed by atoms with Crippen molar-refractivity contribution in [3.8, 4) is 11.8 Å². The van der Waals surface area contributed by atoms with Crippen molar-refractivity contribution in [1.29, 1.82) is 0 Å². The van der Waals surface area contributed by atoms with Gasteiger partial charge in [0.2, 0.25) is 0 Å². The summed E-state index contributed by atoms with van der Waals surface area (Å²) in [5.74, 6) is 5.36. The Morgan fingerprint density at radius 2 is 2.05 bits per heavy atom. The van der Waals surface area contributed by atoms with E-state index >= 15 is 0 Å². The molecule has 2 aromatic heterocycles. The summed E-state index contributed by atoms with van der Waals surface area (Å²) in [7, 11) is 0.